The van der Waals surface area contributed by atoms with E-state index in [9.17, 15) is 0 Å². The Bertz CT molecular complexity index is 786. The van der Waals surface area contributed by atoms with Gasteiger partial charge in [-0.2, -0.15) is 0 Å². The third kappa shape index (κ3) is 1.92. The van der Waals surface area contributed by atoms with E-state index < -0.39 is 0 Å². The molecule has 20 heavy (non-hydrogen) atoms. The molecule has 0 amide bonds. The molecule has 98 valence electrons. The monoisotopic (exact) mass is 261 g/mol. The van der Waals surface area contributed by atoms with E-state index in [0.717, 1.165) is 17.0 Å². The maximum Gasteiger partial charge on any atom is 0.220 e. The normalized spacial score (nSPS) is 14.6. The maximum atomic E-state index is 5.88. The van der Waals surface area contributed by atoms with E-state index in [2.05, 4.69) is 58.5 Å². The van der Waals surface area contributed by atoms with E-state index in [-0.39, 0.29) is 0 Å². The highest BCUT2D eigenvalue weighted by molar-refractivity contribution is 5.95. The average molecular weight is 261 g/mol. The third-order valence-corrected chi connectivity index (χ3v) is 3.82. The number of hydrogen-bond donors (Lipinski definition) is 1. The molecule has 3 nitrogen and oxygen atoms in total. The molecule has 0 spiro atoms. The molecule has 0 aliphatic heterocycles. The molecule has 0 bridgehead atoms. The summed E-state index contributed by atoms with van der Waals surface area (Å²) in [5, 5.41) is 2.42. The fourth-order valence-corrected chi connectivity index (χ4v) is 2.66. The van der Waals surface area contributed by atoms with Gasteiger partial charge in [-0.1, -0.05) is 42.5 Å². The van der Waals surface area contributed by atoms with Gasteiger partial charge in [-0.25, -0.2) is 9.97 Å². The molecule has 3 heteroatoms. The van der Waals surface area contributed by atoms with Crippen LogP contribution in [0, 0.1) is 0 Å². The van der Waals surface area contributed by atoms with E-state index in [4.69, 9.17) is 5.73 Å². The van der Waals surface area contributed by atoms with Gasteiger partial charge >= 0.3 is 0 Å². The van der Waals surface area contributed by atoms with Gasteiger partial charge in [0.2, 0.25) is 5.95 Å². The molecule has 1 aliphatic rings. The molecule has 1 heterocycles. The van der Waals surface area contributed by atoms with Crippen LogP contribution < -0.4 is 5.73 Å². The molecule has 0 unspecified atom stereocenters. The van der Waals surface area contributed by atoms with Gasteiger partial charge < -0.3 is 5.73 Å². The van der Waals surface area contributed by atoms with Gasteiger partial charge in [-0.3, -0.25) is 0 Å². The summed E-state index contributed by atoms with van der Waals surface area (Å²) in [6.45, 7) is 0. The summed E-state index contributed by atoms with van der Waals surface area (Å²) in [6, 6.07) is 16.7. The van der Waals surface area contributed by atoms with Crippen LogP contribution in [0.15, 0.2) is 48.5 Å². The molecule has 1 aliphatic carbocycles. The number of benzene rings is 2. The minimum Gasteiger partial charge on any atom is -0.368 e. The van der Waals surface area contributed by atoms with Crippen molar-refractivity contribution in [3.8, 4) is 11.3 Å². The van der Waals surface area contributed by atoms with E-state index in [1.807, 2.05) is 0 Å². The van der Waals surface area contributed by atoms with Crippen molar-refractivity contribution in [2.75, 3.05) is 5.73 Å². The summed E-state index contributed by atoms with van der Waals surface area (Å²) >= 11 is 0. The van der Waals surface area contributed by atoms with E-state index in [1.165, 1.54) is 23.6 Å². The lowest BCUT2D eigenvalue weighted by molar-refractivity contribution is 1.00. The first-order valence-corrected chi connectivity index (χ1v) is 6.94. The predicted octanol–water partition coefficient (Wildman–Crippen LogP) is 3.76. The SMILES string of the molecule is Nc1nc(-c2cccc3ccccc23)cc(C2CC2)n1. The van der Waals surface area contributed by atoms with Gasteiger partial charge in [0.15, 0.2) is 0 Å². The first kappa shape index (κ1) is 11.4. The average Bonchev–Trinajstić information content (AvgIpc) is 3.30. The minimum atomic E-state index is 0.373. The Morgan fingerprint density at radius 1 is 0.950 bits per heavy atom. The van der Waals surface area contributed by atoms with Crippen LogP contribution in [-0.4, -0.2) is 9.97 Å². The van der Waals surface area contributed by atoms with Gasteiger partial charge in [0.25, 0.3) is 0 Å². The minimum absolute atomic E-state index is 0.373. The highest BCUT2D eigenvalue weighted by atomic mass is 15.0. The molecule has 0 saturated heterocycles. The van der Waals surface area contributed by atoms with Crippen LogP contribution in [0.2, 0.25) is 0 Å². The van der Waals surface area contributed by atoms with Crippen molar-refractivity contribution in [2.45, 2.75) is 18.8 Å². The van der Waals surface area contributed by atoms with Crippen molar-refractivity contribution in [3.05, 3.63) is 54.2 Å². The largest absolute Gasteiger partial charge is 0.368 e. The van der Waals surface area contributed by atoms with Crippen LogP contribution in [0.4, 0.5) is 5.95 Å². The Morgan fingerprint density at radius 2 is 1.75 bits per heavy atom. The topological polar surface area (TPSA) is 51.8 Å². The maximum absolute atomic E-state index is 5.88. The summed E-state index contributed by atoms with van der Waals surface area (Å²) in [5.74, 6) is 0.950. The second-order valence-electron chi connectivity index (χ2n) is 5.34. The van der Waals surface area contributed by atoms with Crippen molar-refractivity contribution < 1.29 is 0 Å². The second-order valence-corrected chi connectivity index (χ2v) is 5.34. The molecule has 2 aromatic carbocycles. The van der Waals surface area contributed by atoms with E-state index >= 15 is 0 Å². The first-order chi connectivity index (χ1) is 9.81. The standard InChI is InChI=1S/C17H15N3/c18-17-19-15(12-8-9-12)10-16(20-17)14-7-3-5-11-4-1-2-6-13(11)14/h1-7,10,12H,8-9H2,(H2,18,19,20). The van der Waals surface area contributed by atoms with Gasteiger partial charge in [0.1, 0.15) is 0 Å². The predicted molar refractivity (Wildman–Crippen MR) is 81.4 cm³/mol. The number of anilines is 1. The van der Waals surface area contributed by atoms with Crippen LogP contribution in [-0.2, 0) is 0 Å². The number of rotatable bonds is 2. The lowest BCUT2D eigenvalue weighted by atomic mass is 10.0. The van der Waals surface area contributed by atoms with Crippen molar-refractivity contribution in [2.24, 2.45) is 0 Å². The highest BCUT2D eigenvalue weighted by Gasteiger charge is 2.26. The Balaban J connectivity index is 1.94. The number of nitrogens with two attached hydrogens (primary N) is 1. The van der Waals surface area contributed by atoms with Crippen LogP contribution in [0.3, 0.4) is 0 Å². The van der Waals surface area contributed by atoms with Crippen molar-refractivity contribution >= 4 is 16.7 Å². The smallest absolute Gasteiger partial charge is 0.220 e. The number of fused-ring (bicyclic) bond motifs is 1. The van der Waals surface area contributed by atoms with Gasteiger partial charge in [0, 0.05) is 17.2 Å². The summed E-state index contributed by atoms with van der Waals surface area (Å²) < 4.78 is 0. The molecule has 1 fully saturated rings. The molecule has 3 aromatic rings. The van der Waals surface area contributed by atoms with Crippen LogP contribution in [0.1, 0.15) is 24.5 Å². The molecule has 1 aromatic heterocycles. The number of hydrogen-bond acceptors (Lipinski definition) is 3. The van der Waals surface area contributed by atoms with Crippen LogP contribution >= 0.6 is 0 Å². The zero-order chi connectivity index (χ0) is 13.5. The van der Waals surface area contributed by atoms with E-state index in [1.54, 1.807) is 0 Å². The Labute approximate surface area is 117 Å². The van der Waals surface area contributed by atoms with Gasteiger partial charge in [0.05, 0.1) is 5.69 Å². The zero-order valence-corrected chi connectivity index (χ0v) is 11.1. The number of aromatic nitrogens is 2. The lowest BCUT2D eigenvalue weighted by Crippen LogP contribution is -2.00. The van der Waals surface area contributed by atoms with Gasteiger partial charge in [-0.15, -0.1) is 0 Å². The summed E-state index contributed by atoms with van der Waals surface area (Å²) in [5.41, 5.74) is 9.02. The second kappa shape index (κ2) is 4.30. The fourth-order valence-electron chi connectivity index (χ4n) is 2.66. The van der Waals surface area contributed by atoms with Crippen LogP contribution in [0.5, 0.6) is 0 Å². The fraction of sp³-hybridized carbons (Fsp3) is 0.176. The quantitative estimate of drug-likeness (QED) is 0.764. The molecule has 0 radical (unpaired) electrons. The molecular formula is C17H15N3. The first-order valence-electron chi connectivity index (χ1n) is 6.94. The molecule has 1 saturated carbocycles. The summed E-state index contributed by atoms with van der Waals surface area (Å²) in [6.07, 6.45) is 2.43. The third-order valence-electron chi connectivity index (χ3n) is 3.82. The van der Waals surface area contributed by atoms with Crippen molar-refractivity contribution in [1.29, 1.82) is 0 Å². The number of nitrogens with zero attached hydrogens (tertiary/aromatic N) is 2. The Kier molecular flexibility index (Phi) is 2.46. The zero-order valence-electron chi connectivity index (χ0n) is 11.1. The Morgan fingerprint density at radius 3 is 2.60 bits per heavy atom. The van der Waals surface area contributed by atoms with Crippen molar-refractivity contribution in [1.82, 2.24) is 9.97 Å². The number of nitrogen functional groups attached to an aromatic ring is 1. The molecule has 0 atom stereocenters. The summed E-state index contributed by atoms with van der Waals surface area (Å²) in [4.78, 5) is 8.80. The highest BCUT2D eigenvalue weighted by Crippen LogP contribution is 2.40. The Hall–Kier alpha value is -2.42. The molecular weight excluding hydrogens is 246 g/mol. The van der Waals surface area contributed by atoms with Gasteiger partial charge in [-0.05, 0) is 29.7 Å². The summed E-state index contributed by atoms with van der Waals surface area (Å²) in [7, 11) is 0. The van der Waals surface area contributed by atoms with Crippen LogP contribution in [0.25, 0.3) is 22.0 Å². The molecule has 4 rings (SSSR count). The lowest BCUT2D eigenvalue weighted by Gasteiger charge is -2.08. The van der Waals surface area contributed by atoms with Crippen molar-refractivity contribution in [3.63, 3.8) is 0 Å². The van der Waals surface area contributed by atoms with E-state index in [0.29, 0.717) is 11.9 Å². The molecule has 2 N–H and O–H groups in total.